The number of anilines is 4. The number of furan rings is 2. The molecule has 2 aliphatic rings. The van der Waals surface area contributed by atoms with E-state index < -0.39 is 83.1 Å². The molecular formula is C54H57ClF8N4O8. The Hall–Kier alpha value is -6.77. The summed E-state index contributed by atoms with van der Waals surface area (Å²) in [7, 11) is 2.73. The number of ether oxygens (including phenoxy) is 2. The third-order valence-electron chi connectivity index (χ3n) is 13.0. The third kappa shape index (κ3) is 13.4. The first-order valence-corrected chi connectivity index (χ1v) is 23.8. The average molecular weight is 1080 g/mol. The number of hydrogen-bond acceptors (Lipinski definition) is 11. The molecule has 1 amide bonds. The van der Waals surface area contributed by atoms with Crippen molar-refractivity contribution in [3.05, 3.63) is 156 Å². The van der Waals surface area contributed by atoms with Gasteiger partial charge in [0.15, 0.2) is 22.7 Å². The van der Waals surface area contributed by atoms with Gasteiger partial charge >= 0.3 is 12.4 Å². The zero-order valence-corrected chi connectivity index (χ0v) is 42.5. The van der Waals surface area contributed by atoms with Crippen molar-refractivity contribution in [3.63, 3.8) is 0 Å². The Kier molecular flexibility index (Phi) is 17.6. The zero-order valence-electron chi connectivity index (χ0n) is 41.8. The molecule has 0 saturated heterocycles. The maximum Gasteiger partial charge on any atom is 0.418 e. The maximum atomic E-state index is 14.5. The van der Waals surface area contributed by atoms with Gasteiger partial charge in [-0.05, 0) is 120 Å². The van der Waals surface area contributed by atoms with Crippen molar-refractivity contribution in [1.29, 1.82) is 0 Å². The van der Waals surface area contributed by atoms with E-state index in [1.54, 1.807) is 74.5 Å². The molecule has 4 aromatic carbocycles. The molecule has 0 aliphatic carbocycles. The van der Waals surface area contributed by atoms with Gasteiger partial charge in [-0.25, -0.2) is 8.78 Å². The van der Waals surface area contributed by atoms with Crippen LogP contribution in [-0.2, 0) is 10.8 Å². The first-order chi connectivity index (χ1) is 35.1. The Morgan fingerprint density at radius 2 is 1.07 bits per heavy atom. The molecule has 2 unspecified atom stereocenters. The summed E-state index contributed by atoms with van der Waals surface area (Å²) >= 11 is 5.01. The fourth-order valence-electron chi connectivity index (χ4n) is 9.42. The van der Waals surface area contributed by atoms with Gasteiger partial charge < -0.3 is 48.5 Å². The SMILES string of the molecule is COc1ccc(F)cc1C(C)(C)CC(O)(CN1CCN(C(=O)c2ccco2)c2ccccc21)C(F)(F)F.COc1ccc(F)cc1C(C)(C)CC(O)(CN1CCNc2ccccc21)C(F)(F)F.O=C(Cl)c1ccco1. The second-order valence-corrected chi connectivity index (χ2v) is 19.7. The summed E-state index contributed by atoms with van der Waals surface area (Å²) in [4.78, 5) is 27.5. The van der Waals surface area contributed by atoms with E-state index in [0.717, 1.165) is 23.9 Å². The molecule has 3 N–H and O–H groups in total. The van der Waals surface area contributed by atoms with Crippen molar-refractivity contribution in [2.45, 2.75) is 74.9 Å². The van der Waals surface area contributed by atoms with E-state index >= 15 is 0 Å². The van der Waals surface area contributed by atoms with Gasteiger partial charge in [0.2, 0.25) is 0 Å². The lowest BCUT2D eigenvalue weighted by atomic mass is 9.74. The number of alkyl halides is 6. The fraction of sp³-hybridized carbons (Fsp3) is 0.370. The predicted molar refractivity (Wildman–Crippen MR) is 268 cm³/mol. The number of β-amino-alcohol motifs (C(OH)–C–C–N with tert-alkyl or cyclic N) is 2. The van der Waals surface area contributed by atoms with Crippen LogP contribution in [0, 0.1) is 11.6 Å². The molecule has 8 rings (SSSR count). The maximum absolute atomic E-state index is 14.5. The first kappa shape index (κ1) is 57.5. The number of hydrogen-bond donors (Lipinski definition) is 3. The molecule has 12 nitrogen and oxygen atoms in total. The number of aliphatic hydroxyl groups is 2. The minimum absolute atomic E-state index is 0.0472. The first-order valence-electron chi connectivity index (χ1n) is 23.4. The Bertz CT molecular complexity index is 2880. The number of carbonyl (C=O) groups excluding carboxylic acids is 2. The molecule has 21 heteroatoms. The molecular weight excluding hydrogens is 1020 g/mol. The number of amides is 1. The molecule has 4 heterocycles. The topological polar surface area (TPSA) is 141 Å². The molecule has 0 bridgehead atoms. The van der Waals surface area contributed by atoms with Gasteiger partial charge in [0.25, 0.3) is 11.1 Å². The van der Waals surface area contributed by atoms with E-state index in [1.165, 1.54) is 85.6 Å². The molecule has 6 aromatic rings. The van der Waals surface area contributed by atoms with E-state index in [0.29, 0.717) is 30.2 Å². The second kappa shape index (κ2) is 23.0. The normalized spacial score (nSPS) is 15.3. The quantitative estimate of drug-likeness (QED) is 0.0709. The highest BCUT2D eigenvalue weighted by molar-refractivity contribution is 6.67. The van der Waals surface area contributed by atoms with Crippen molar-refractivity contribution in [2.24, 2.45) is 0 Å². The zero-order chi connectivity index (χ0) is 55.1. The number of methoxy groups -OCH3 is 2. The Morgan fingerprint density at radius 1 is 0.613 bits per heavy atom. The van der Waals surface area contributed by atoms with Gasteiger partial charge in [0, 0.05) is 37.3 Å². The summed E-state index contributed by atoms with van der Waals surface area (Å²) in [6.45, 7) is 5.62. The minimum Gasteiger partial charge on any atom is -0.496 e. The third-order valence-corrected chi connectivity index (χ3v) is 13.1. The molecule has 0 spiro atoms. The van der Waals surface area contributed by atoms with Gasteiger partial charge in [0.05, 0.1) is 62.6 Å². The van der Waals surface area contributed by atoms with Gasteiger partial charge in [-0.15, -0.1) is 0 Å². The van der Waals surface area contributed by atoms with Gasteiger partial charge in [-0.1, -0.05) is 52.0 Å². The molecule has 404 valence electrons. The summed E-state index contributed by atoms with van der Waals surface area (Å²) in [5.74, 6) is -0.809. The lowest BCUT2D eigenvalue weighted by Crippen LogP contribution is -2.58. The highest BCUT2D eigenvalue weighted by Gasteiger charge is 2.58. The second-order valence-electron chi connectivity index (χ2n) is 19.3. The minimum atomic E-state index is -5.00. The molecule has 2 aromatic heterocycles. The van der Waals surface area contributed by atoms with Crippen LogP contribution < -0.4 is 29.5 Å². The van der Waals surface area contributed by atoms with Crippen LogP contribution in [0.3, 0.4) is 0 Å². The lowest BCUT2D eigenvalue weighted by Gasteiger charge is -2.44. The smallest absolute Gasteiger partial charge is 0.418 e. The molecule has 0 saturated carbocycles. The van der Waals surface area contributed by atoms with Crippen LogP contribution in [0.15, 0.2) is 131 Å². The van der Waals surface area contributed by atoms with Crippen molar-refractivity contribution in [3.8, 4) is 11.5 Å². The Morgan fingerprint density at radius 3 is 1.51 bits per heavy atom. The molecule has 0 fully saturated rings. The van der Waals surface area contributed by atoms with E-state index in [4.69, 9.17) is 25.5 Å². The van der Waals surface area contributed by atoms with Crippen LogP contribution in [-0.4, -0.2) is 98.4 Å². The number of nitrogens with one attached hydrogen (secondary N) is 1. The largest absolute Gasteiger partial charge is 0.496 e. The van der Waals surface area contributed by atoms with Crippen molar-refractivity contribution in [1.82, 2.24) is 0 Å². The number of benzene rings is 4. The van der Waals surface area contributed by atoms with Crippen LogP contribution >= 0.6 is 11.6 Å². The molecule has 0 radical (unpaired) electrons. The highest BCUT2D eigenvalue weighted by Crippen LogP contribution is 2.47. The molecule has 2 atom stereocenters. The van der Waals surface area contributed by atoms with Crippen molar-refractivity contribution < 1.29 is 73.2 Å². The highest BCUT2D eigenvalue weighted by atomic mass is 35.5. The van der Waals surface area contributed by atoms with Crippen LogP contribution in [0.25, 0.3) is 0 Å². The average Bonchev–Trinajstić information content (AvgIpc) is 4.11. The summed E-state index contributed by atoms with van der Waals surface area (Å²) in [5.41, 5.74) is -6.11. The summed E-state index contributed by atoms with van der Waals surface area (Å²) in [6.07, 6.45) is -8.53. The number of para-hydroxylation sites is 4. The predicted octanol–water partition coefficient (Wildman–Crippen LogP) is 11.9. The van der Waals surface area contributed by atoms with Crippen molar-refractivity contribution in [2.75, 3.05) is 73.5 Å². The van der Waals surface area contributed by atoms with Gasteiger partial charge in [0.1, 0.15) is 23.1 Å². The van der Waals surface area contributed by atoms with E-state index in [1.807, 2.05) is 0 Å². The molecule has 2 aliphatic heterocycles. The lowest BCUT2D eigenvalue weighted by molar-refractivity contribution is -0.262. The van der Waals surface area contributed by atoms with Gasteiger partial charge in [-0.3, -0.25) is 9.59 Å². The van der Waals surface area contributed by atoms with Crippen LogP contribution in [0.5, 0.6) is 11.5 Å². The summed E-state index contributed by atoms with van der Waals surface area (Å²) in [6, 6.07) is 27.2. The van der Waals surface area contributed by atoms with E-state index in [9.17, 15) is 54.9 Å². The van der Waals surface area contributed by atoms with Crippen LogP contribution in [0.4, 0.5) is 57.9 Å². The van der Waals surface area contributed by atoms with Crippen molar-refractivity contribution >= 4 is 45.5 Å². The number of nitrogens with zero attached hydrogens (tertiary/aromatic N) is 3. The van der Waals surface area contributed by atoms with E-state index in [2.05, 4.69) is 9.73 Å². The Labute approximate surface area is 433 Å². The van der Waals surface area contributed by atoms with E-state index in [-0.39, 0.29) is 47.2 Å². The van der Waals surface area contributed by atoms with Gasteiger partial charge in [-0.2, -0.15) is 26.3 Å². The number of carbonyl (C=O) groups is 2. The number of fused-ring (bicyclic) bond motifs is 2. The van der Waals surface area contributed by atoms with Crippen LogP contribution in [0.1, 0.15) is 72.8 Å². The summed E-state index contributed by atoms with van der Waals surface area (Å²) in [5, 5.41) is 24.7. The fourth-order valence-corrected chi connectivity index (χ4v) is 9.53. The monoisotopic (exact) mass is 1080 g/mol. The number of rotatable bonds is 14. The Balaban J connectivity index is 0.000000215. The summed E-state index contributed by atoms with van der Waals surface area (Å²) < 4.78 is 134. The number of halogens is 9. The van der Waals surface area contributed by atoms with Crippen LogP contribution in [0.2, 0.25) is 0 Å². The molecule has 75 heavy (non-hydrogen) atoms. The standard InChI is InChI=1S/C27H28F4N2O4.C22H26F4N2O2.C5H3ClO2/c1-25(2,19-15-18(28)10-11-22(19)36-3)16-26(35,27(29,30)31)17-32-12-13-33(21-8-5-4-7-20(21)32)24(34)23-9-6-14-37-23;1-20(2,16-12-15(23)8-9-19(16)30-3)13-21(29,22(24,25)26)14-28-11-10-27-17-6-4-5-7-18(17)28;6-5(7)4-2-1-3-8-4/h4-11,14-15,35H,12-13,16-17H2,1-3H3;4-9,12,27,29H,10-11,13-14H2,1-3H3;1-3H.